The molecule has 0 bridgehead atoms. The molecule has 130 valence electrons. The molecule has 6 nitrogen and oxygen atoms in total. The normalized spacial score (nSPS) is 12.1. The first-order chi connectivity index (χ1) is 12.0. The van der Waals surface area contributed by atoms with Crippen LogP contribution in [0.2, 0.25) is 0 Å². The van der Waals surface area contributed by atoms with Crippen LogP contribution in [0.1, 0.15) is 41.8 Å². The summed E-state index contributed by atoms with van der Waals surface area (Å²) in [6, 6.07) is 10.0. The highest BCUT2D eigenvalue weighted by Gasteiger charge is 2.13. The SMILES string of the molecule is Cc1noc(C)c1Cn1cc(NC(=O)CC(C)c2ccccc2)cn1. The molecule has 3 rings (SSSR count). The highest BCUT2D eigenvalue weighted by atomic mass is 16.5. The Labute approximate surface area is 146 Å². The number of benzene rings is 1. The third-order valence-corrected chi connectivity index (χ3v) is 4.28. The van der Waals surface area contributed by atoms with Crippen LogP contribution < -0.4 is 5.32 Å². The molecule has 25 heavy (non-hydrogen) atoms. The van der Waals surface area contributed by atoms with Gasteiger partial charge in [-0.25, -0.2) is 0 Å². The maximum absolute atomic E-state index is 12.3. The Hall–Kier alpha value is -2.89. The van der Waals surface area contributed by atoms with Crippen molar-refractivity contribution in [2.75, 3.05) is 5.32 Å². The largest absolute Gasteiger partial charge is 0.361 e. The lowest BCUT2D eigenvalue weighted by molar-refractivity contribution is -0.116. The molecule has 0 saturated carbocycles. The minimum Gasteiger partial charge on any atom is -0.361 e. The summed E-state index contributed by atoms with van der Waals surface area (Å²) in [4.78, 5) is 12.3. The molecule has 0 radical (unpaired) electrons. The molecule has 0 spiro atoms. The molecule has 0 aliphatic heterocycles. The second kappa shape index (κ2) is 7.34. The van der Waals surface area contributed by atoms with E-state index in [-0.39, 0.29) is 11.8 Å². The number of amides is 1. The average Bonchev–Trinajstić information content (AvgIpc) is 3.17. The Bertz CT molecular complexity index is 832. The second-order valence-electron chi connectivity index (χ2n) is 6.29. The zero-order chi connectivity index (χ0) is 17.8. The van der Waals surface area contributed by atoms with Crippen LogP contribution in [-0.4, -0.2) is 20.8 Å². The van der Waals surface area contributed by atoms with E-state index in [1.165, 1.54) is 0 Å². The van der Waals surface area contributed by atoms with E-state index in [9.17, 15) is 4.79 Å². The van der Waals surface area contributed by atoms with Crippen molar-refractivity contribution >= 4 is 11.6 Å². The van der Waals surface area contributed by atoms with Gasteiger partial charge in [0.2, 0.25) is 5.91 Å². The highest BCUT2D eigenvalue weighted by Crippen LogP contribution is 2.20. The van der Waals surface area contributed by atoms with Crippen molar-refractivity contribution in [2.45, 2.75) is 39.7 Å². The summed E-state index contributed by atoms with van der Waals surface area (Å²) in [6.07, 6.45) is 3.90. The van der Waals surface area contributed by atoms with Crippen LogP contribution >= 0.6 is 0 Å². The Morgan fingerprint density at radius 2 is 2.04 bits per heavy atom. The molecule has 1 atom stereocenters. The molecule has 0 fully saturated rings. The van der Waals surface area contributed by atoms with E-state index in [0.29, 0.717) is 18.7 Å². The van der Waals surface area contributed by atoms with Crippen molar-refractivity contribution in [3.8, 4) is 0 Å². The molecule has 1 unspecified atom stereocenters. The lowest BCUT2D eigenvalue weighted by atomic mass is 9.97. The Balaban J connectivity index is 1.58. The lowest BCUT2D eigenvalue weighted by Gasteiger charge is -2.11. The predicted molar refractivity (Wildman–Crippen MR) is 95.4 cm³/mol. The van der Waals surface area contributed by atoms with E-state index in [2.05, 4.69) is 22.5 Å². The number of nitrogens with one attached hydrogen (secondary N) is 1. The van der Waals surface area contributed by atoms with Crippen LogP contribution in [0.5, 0.6) is 0 Å². The number of carbonyl (C=O) groups is 1. The van der Waals surface area contributed by atoms with Gasteiger partial charge in [-0.15, -0.1) is 0 Å². The first-order valence-electron chi connectivity index (χ1n) is 8.32. The van der Waals surface area contributed by atoms with Crippen LogP contribution in [0, 0.1) is 13.8 Å². The Kier molecular flexibility index (Phi) is 4.97. The van der Waals surface area contributed by atoms with Gasteiger partial charge in [-0.1, -0.05) is 42.4 Å². The van der Waals surface area contributed by atoms with E-state index >= 15 is 0 Å². The molecule has 1 N–H and O–H groups in total. The first kappa shape index (κ1) is 17.0. The quantitative estimate of drug-likeness (QED) is 0.744. The second-order valence-corrected chi connectivity index (χ2v) is 6.29. The van der Waals surface area contributed by atoms with E-state index in [1.807, 2.05) is 50.4 Å². The van der Waals surface area contributed by atoms with Crippen LogP contribution in [0.25, 0.3) is 0 Å². The summed E-state index contributed by atoms with van der Waals surface area (Å²) in [5.41, 5.74) is 3.72. The molecule has 0 aliphatic carbocycles. The predicted octanol–water partition coefficient (Wildman–Crippen LogP) is 3.67. The van der Waals surface area contributed by atoms with Crippen molar-refractivity contribution in [1.82, 2.24) is 14.9 Å². The molecule has 2 aromatic heterocycles. The van der Waals surface area contributed by atoms with Gasteiger partial charge in [-0.3, -0.25) is 9.48 Å². The molecule has 2 heterocycles. The van der Waals surface area contributed by atoms with Crippen LogP contribution in [0.3, 0.4) is 0 Å². The fourth-order valence-corrected chi connectivity index (χ4v) is 2.79. The molecule has 3 aromatic rings. The zero-order valence-electron chi connectivity index (χ0n) is 14.7. The molecular weight excluding hydrogens is 316 g/mol. The summed E-state index contributed by atoms with van der Waals surface area (Å²) in [5.74, 6) is 0.932. The summed E-state index contributed by atoms with van der Waals surface area (Å²) >= 11 is 0. The highest BCUT2D eigenvalue weighted by molar-refractivity contribution is 5.90. The Morgan fingerprint density at radius 3 is 2.72 bits per heavy atom. The van der Waals surface area contributed by atoms with E-state index in [1.54, 1.807) is 10.9 Å². The van der Waals surface area contributed by atoms with Gasteiger partial charge in [-0.05, 0) is 25.3 Å². The third kappa shape index (κ3) is 4.15. The summed E-state index contributed by atoms with van der Waals surface area (Å²) < 4.78 is 6.93. The Morgan fingerprint density at radius 1 is 1.28 bits per heavy atom. The van der Waals surface area contributed by atoms with Gasteiger partial charge in [0.25, 0.3) is 0 Å². The number of aromatic nitrogens is 3. The number of hydrogen-bond donors (Lipinski definition) is 1. The summed E-state index contributed by atoms with van der Waals surface area (Å²) in [7, 11) is 0. The number of nitrogens with zero attached hydrogens (tertiary/aromatic N) is 3. The summed E-state index contributed by atoms with van der Waals surface area (Å²) in [5, 5.41) is 11.1. The van der Waals surface area contributed by atoms with Gasteiger partial charge >= 0.3 is 0 Å². The zero-order valence-corrected chi connectivity index (χ0v) is 14.7. The van der Waals surface area contributed by atoms with Crippen molar-refractivity contribution in [2.24, 2.45) is 0 Å². The smallest absolute Gasteiger partial charge is 0.225 e. The maximum Gasteiger partial charge on any atom is 0.225 e. The van der Waals surface area contributed by atoms with Gasteiger partial charge in [0.05, 0.1) is 24.1 Å². The van der Waals surface area contributed by atoms with E-state index < -0.39 is 0 Å². The topological polar surface area (TPSA) is 73.0 Å². The fraction of sp³-hybridized carbons (Fsp3) is 0.316. The van der Waals surface area contributed by atoms with Gasteiger partial charge in [0, 0.05) is 18.2 Å². The lowest BCUT2D eigenvalue weighted by Crippen LogP contribution is -2.14. The standard InChI is InChI=1S/C19H22N4O2/c1-13(16-7-5-4-6-8-16)9-19(24)21-17-10-20-23(11-17)12-18-14(2)22-25-15(18)3/h4-8,10-11,13H,9,12H2,1-3H3,(H,21,24). The molecular formula is C19H22N4O2. The van der Waals surface area contributed by atoms with Crippen molar-refractivity contribution in [1.29, 1.82) is 0 Å². The van der Waals surface area contributed by atoms with E-state index in [0.717, 1.165) is 22.6 Å². The first-order valence-corrected chi connectivity index (χ1v) is 8.32. The van der Waals surface area contributed by atoms with Crippen LogP contribution in [0.4, 0.5) is 5.69 Å². The van der Waals surface area contributed by atoms with Gasteiger partial charge in [-0.2, -0.15) is 5.10 Å². The van der Waals surface area contributed by atoms with Gasteiger partial charge in [0.15, 0.2) is 0 Å². The van der Waals surface area contributed by atoms with Gasteiger partial charge < -0.3 is 9.84 Å². The maximum atomic E-state index is 12.3. The number of anilines is 1. The van der Waals surface area contributed by atoms with Crippen molar-refractivity contribution < 1.29 is 9.32 Å². The molecule has 1 amide bonds. The summed E-state index contributed by atoms with van der Waals surface area (Å²) in [6.45, 7) is 6.41. The number of carbonyl (C=O) groups excluding carboxylic acids is 1. The van der Waals surface area contributed by atoms with E-state index in [4.69, 9.17) is 4.52 Å². The number of rotatable bonds is 6. The van der Waals surface area contributed by atoms with Crippen LogP contribution in [0.15, 0.2) is 47.2 Å². The minimum absolute atomic E-state index is 0.0201. The van der Waals surface area contributed by atoms with Crippen molar-refractivity contribution in [3.63, 3.8) is 0 Å². The molecule has 1 aromatic carbocycles. The minimum atomic E-state index is -0.0201. The average molecular weight is 338 g/mol. The molecule has 0 saturated heterocycles. The fourth-order valence-electron chi connectivity index (χ4n) is 2.79. The third-order valence-electron chi connectivity index (χ3n) is 4.28. The van der Waals surface area contributed by atoms with Crippen LogP contribution in [-0.2, 0) is 11.3 Å². The van der Waals surface area contributed by atoms with Gasteiger partial charge in [0.1, 0.15) is 5.76 Å². The number of hydrogen-bond acceptors (Lipinski definition) is 4. The monoisotopic (exact) mass is 338 g/mol. The van der Waals surface area contributed by atoms with Crippen molar-refractivity contribution in [3.05, 3.63) is 65.3 Å². The molecule has 0 aliphatic rings. The molecule has 6 heteroatoms. The number of aryl methyl sites for hydroxylation is 2.